The maximum atomic E-state index is 12.9. The van der Waals surface area contributed by atoms with Gasteiger partial charge in [0.15, 0.2) is 0 Å². The zero-order chi connectivity index (χ0) is 18.7. The molecule has 0 N–H and O–H groups in total. The first-order chi connectivity index (χ1) is 13.1. The average Bonchev–Trinajstić information content (AvgIpc) is 3.18. The zero-order valence-corrected chi connectivity index (χ0v) is 16.4. The fraction of sp³-hybridized carbons (Fsp3) is 0.316. The van der Waals surface area contributed by atoms with E-state index in [0.717, 1.165) is 29.3 Å². The predicted molar refractivity (Wildman–Crippen MR) is 104 cm³/mol. The lowest BCUT2D eigenvalue weighted by molar-refractivity contribution is 0.314. The fourth-order valence-corrected chi connectivity index (χ4v) is 5.78. The number of benzene rings is 1. The van der Waals surface area contributed by atoms with Gasteiger partial charge in [-0.2, -0.15) is 4.31 Å². The summed E-state index contributed by atoms with van der Waals surface area (Å²) in [6.07, 6.45) is 5.48. The van der Waals surface area contributed by atoms with Gasteiger partial charge < -0.3 is 0 Å². The van der Waals surface area contributed by atoms with Gasteiger partial charge in [-0.3, -0.25) is 4.98 Å². The summed E-state index contributed by atoms with van der Waals surface area (Å²) in [5, 5.41) is 10.6. The minimum absolute atomic E-state index is 0.0900. The number of sulfonamides is 1. The number of rotatable bonds is 5. The van der Waals surface area contributed by atoms with E-state index in [1.54, 1.807) is 34.0 Å². The zero-order valence-electron chi connectivity index (χ0n) is 14.7. The summed E-state index contributed by atoms with van der Waals surface area (Å²) in [5.74, 6) is 0.0900. The Bertz CT molecular complexity index is 991. The third-order valence-corrected chi connectivity index (χ3v) is 7.62. The third kappa shape index (κ3) is 4.07. The molecule has 0 unspecified atom stereocenters. The molecule has 0 saturated carbocycles. The molecule has 1 aliphatic heterocycles. The molecule has 1 aliphatic rings. The van der Waals surface area contributed by atoms with Gasteiger partial charge in [0.25, 0.3) is 0 Å². The molecule has 1 saturated heterocycles. The van der Waals surface area contributed by atoms with Crippen LogP contribution in [0.25, 0.3) is 0 Å². The molecule has 1 aromatic carbocycles. The highest BCUT2D eigenvalue weighted by Gasteiger charge is 2.32. The quantitative estimate of drug-likeness (QED) is 0.658. The molecule has 1 fully saturated rings. The lowest BCUT2D eigenvalue weighted by Gasteiger charge is -2.30. The number of hydrogen-bond acceptors (Lipinski definition) is 6. The van der Waals surface area contributed by atoms with Crippen molar-refractivity contribution in [3.63, 3.8) is 0 Å². The van der Waals surface area contributed by atoms with E-state index in [4.69, 9.17) is 0 Å². The van der Waals surface area contributed by atoms with Crippen molar-refractivity contribution in [3.8, 4) is 0 Å². The van der Waals surface area contributed by atoms with E-state index in [1.165, 1.54) is 11.8 Å². The summed E-state index contributed by atoms with van der Waals surface area (Å²) >= 11 is 1.59. The summed E-state index contributed by atoms with van der Waals surface area (Å²) in [6.45, 7) is 0.973. The Morgan fingerprint density at radius 2 is 1.96 bits per heavy atom. The van der Waals surface area contributed by atoms with Gasteiger partial charge in [-0.15, -0.1) is 21.5 Å². The molecule has 6 nitrogen and oxygen atoms in total. The number of aromatic nitrogens is 3. The van der Waals surface area contributed by atoms with Crippen LogP contribution < -0.4 is 0 Å². The van der Waals surface area contributed by atoms with Gasteiger partial charge in [0.2, 0.25) is 10.0 Å². The van der Waals surface area contributed by atoms with E-state index in [9.17, 15) is 8.42 Å². The molecule has 0 radical (unpaired) electrons. The van der Waals surface area contributed by atoms with E-state index in [1.807, 2.05) is 18.2 Å². The SMILES string of the molecule is O=S(=O)(c1cccnc1)N1CCC[C@H](c2nnc(Cc3ccccc3)s2)C1. The van der Waals surface area contributed by atoms with Crippen molar-refractivity contribution in [1.29, 1.82) is 0 Å². The van der Waals surface area contributed by atoms with Crippen LogP contribution in [0, 0.1) is 0 Å². The molecule has 1 atom stereocenters. The van der Waals surface area contributed by atoms with E-state index >= 15 is 0 Å². The summed E-state index contributed by atoms with van der Waals surface area (Å²) in [5.41, 5.74) is 1.20. The monoisotopic (exact) mass is 400 g/mol. The van der Waals surface area contributed by atoms with Crippen LogP contribution in [-0.4, -0.2) is 41.0 Å². The lowest BCUT2D eigenvalue weighted by Crippen LogP contribution is -2.39. The van der Waals surface area contributed by atoms with Crippen LogP contribution in [0.1, 0.15) is 34.3 Å². The van der Waals surface area contributed by atoms with Crippen molar-refractivity contribution in [1.82, 2.24) is 19.5 Å². The molecule has 140 valence electrons. The van der Waals surface area contributed by atoms with Crippen molar-refractivity contribution in [2.45, 2.75) is 30.1 Å². The number of nitrogens with zero attached hydrogens (tertiary/aromatic N) is 4. The Kier molecular flexibility index (Phi) is 5.29. The molecule has 2 aromatic heterocycles. The van der Waals surface area contributed by atoms with E-state index < -0.39 is 10.0 Å². The Balaban J connectivity index is 1.49. The first-order valence-electron chi connectivity index (χ1n) is 8.89. The molecule has 27 heavy (non-hydrogen) atoms. The van der Waals surface area contributed by atoms with E-state index in [2.05, 4.69) is 27.3 Å². The fourth-order valence-electron chi connectivity index (χ4n) is 3.28. The summed E-state index contributed by atoms with van der Waals surface area (Å²) in [6, 6.07) is 13.4. The smallest absolute Gasteiger partial charge is 0.244 e. The lowest BCUT2D eigenvalue weighted by atomic mass is 10.0. The van der Waals surface area contributed by atoms with Crippen LogP contribution in [0.2, 0.25) is 0 Å². The van der Waals surface area contributed by atoms with Gasteiger partial charge in [-0.05, 0) is 30.5 Å². The minimum atomic E-state index is -3.52. The number of pyridine rings is 1. The van der Waals surface area contributed by atoms with Gasteiger partial charge in [0, 0.05) is 37.8 Å². The molecule has 0 spiro atoms. The van der Waals surface area contributed by atoms with Crippen LogP contribution in [0.4, 0.5) is 0 Å². The molecule has 8 heteroatoms. The molecule has 3 aromatic rings. The van der Waals surface area contributed by atoms with Crippen LogP contribution >= 0.6 is 11.3 Å². The Hall–Kier alpha value is -2.16. The molecule has 0 amide bonds. The highest BCUT2D eigenvalue weighted by Crippen LogP contribution is 2.32. The highest BCUT2D eigenvalue weighted by atomic mass is 32.2. The van der Waals surface area contributed by atoms with E-state index in [-0.39, 0.29) is 10.8 Å². The Labute approximate surface area is 163 Å². The Morgan fingerprint density at radius 1 is 1.11 bits per heavy atom. The normalized spacial score (nSPS) is 18.4. The Morgan fingerprint density at radius 3 is 2.74 bits per heavy atom. The van der Waals surface area contributed by atoms with Gasteiger partial charge in [0.05, 0.1) is 0 Å². The van der Waals surface area contributed by atoms with Gasteiger partial charge in [-0.1, -0.05) is 30.3 Å². The van der Waals surface area contributed by atoms with Crippen LogP contribution in [0.15, 0.2) is 59.8 Å². The van der Waals surface area contributed by atoms with Crippen molar-refractivity contribution in [3.05, 3.63) is 70.4 Å². The van der Waals surface area contributed by atoms with Crippen molar-refractivity contribution in [2.75, 3.05) is 13.1 Å². The predicted octanol–water partition coefficient (Wildman–Crippen LogP) is 3.09. The summed E-state index contributed by atoms with van der Waals surface area (Å²) in [7, 11) is -3.52. The second-order valence-electron chi connectivity index (χ2n) is 6.59. The van der Waals surface area contributed by atoms with Crippen LogP contribution in [0.5, 0.6) is 0 Å². The van der Waals surface area contributed by atoms with Crippen molar-refractivity contribution < 1.29 is 8.42 Å². The standard InChI is InChI=1S/C19H20N4O2S2/c24-27(25,17-9-4-10-20-13-17)23-11-5-8-16(14-23)19-22-21-18(26-19)12-15-6-2-1-3-7-15/h1-4,6-7,9-10,13,16H,5,8,11-12,14H2/t16-/m0/s1. The summed E-state index contributed by atoms with van der Waals surface area (Å²) < 4.78 is 27.3. The maximum Gasteiger partial charge on any atom is 0.244 e. The first-order valence-corrected chi connectivity index (χ1v) is 11.1. The van der Waals surface area contributed by atoms with Gasteiger partial charge in [-0.25, -0.2) is 8.42 Å². The average molecular weight is 401 g/mol. The van der Waals surface area contributed by atoms with Gasteiger partial charge >= 0.3 is 0 Å². The molecule has 0 bridgehead atoms. The maximum absolute atomic E-state index is 12.9. The van der Waals surface area contributed by atoms with E-state index in [0.29, 0.717) is 13.1 Å². The molecule has 4 rings (SSSR count). The molecule has 0 aliphatic carbocycles. The number of piperidine rings is 1. The minimum Gasteiger partial charge on any atom is -0.263 e. The van der Waals surface area contributed by atoms with Crippen molar-refractivity contribution in [2.24, 2.45) is 0 Å². The van der Waals surface area contributed by atoms with Crippen LogP contribution in [0.3, 0.4) is 0 Å². The molecular weight excluding hydrogens is 380 g/mol. The second kappa shape index (κ2) is 7.84. The summed E-state index contributed by atoms with van der Waals surface area (Å²) in [4.78, 5) is 4.18. The molecule has 3 heterocycles. The van der Waals surface area contributed by atoms with Crippen LogP contribution in [-0.2, 0) is 16.4 Å². The highest BCUT2D eigenvalue weighted by molar-refractivity contribution is 7.89. The topological polar surface area (TPSA) is 76.1 Å². The number of hydrogen-bond donors (Lipinski definition) is 0. The first kappa shape index (κ1) is 18.2. The largest absolute Gasteiger partial charge is 0.263 e. The van der Waals surface area contributed by atoms with Crippen molar-refractivity contribution >= 4 is 21.4 Å². The molecular formula is C19H20N4O2S2. The second-order valence-corrected chi connectivity index (χ2v) is 9.62. The van der Waals surface area contributed by atoms with Gasteiger partial charge in [0.1, 0.15) is 14.9 Å². The third-order valence-electron chi connectivity index (χ3n) is 4.69.